The monoisotopic (exact) mass is 293 g/mol. The largest absolute Gasteiger partial charge is 0.481 e. The summed E-state index contributed by atoms with van der Waals surface area (Å²) in [5, 5.41) is 9.78. The minimum atomic E-state index is -0.716. The Morgan fingerprint density at radius 2 is 1.86 bits per heavy atom. The number of hydrogen-bond acceptors (Lipinski definition) is 2. The Morgan fingerprint density at radius 1 is 1.24 bits per heavy atom. The molecule has 0 aliphatic heterocycles. The number of primary amides is 1. The van der Waals surface area contributed by atoms with Gasteiger partial charge in [-0.2, -0.15) is 0 Å². The van der Waals surface area contributed by atoms with Crippen LogP contribution in [0.3, 0.4) is 0 Å². The average Bonchev–Trinajstić information content (AvgIpc) is 2.98. The highest BCUT2D eigenvalue weighted by Gasteiger charge is 2.83. The normalized spacial score (nSPS) is 43.8. The Hall–Kier alpha value is -1.06. The summed E-state index contributed by atoms with van der Waals surface area (Å²) in [4.78, 5) is 24.2. The Balaban J connectivity index is 2.12. The fourth-order valence-corrected chi connectivity index (χ4v) is 6.21. The fraction of sp³-hybridized carbons (Fsp3) is 0.882. The third-order valence-electron chi connectivity index (χ3n) is 7.05. The molecular formula is C17H27NO3. The van der Waals surface area contributed by atoms with E-state index in [1.54, 1.807) is 0 Å². The molecule has 0 spiro atoms. The van der Waals surface area contributed by atoms with Gasteiger partial charge in [-0.15, -0.1) is 0 Å². The molecule has 5 atom stereocenters. The maximum atomic E-state index is 12.3. The third kappa shape index (κ3) is 1.56. The van der Waals surface area contributed by atoms with Crippen LogP contribution in [-0.4, -0.2) is 17.0 Å². The molecule has 21 heavy (non-hydrogen) atoms. The Labute approximate surface area is 126 Å². The molecule has 0 unspecified atom stereocenters. The van der Waals surface area contributed by atoms with Crippen molar-refractivity contribution in [3.63, 3.8) is 0 Å². The summed E-state index contributed by atoms with van der Waals surface area (Å²) < 4.78 is 0. The first-order valence-corrected chi connectivity index (χ1v) is 8.33. The van der Waals surface area contributed by atoms with Crippen LogP contribution in [0, 0.1) is 40.4 Å². The maximum Gasteiger partial charge on any atom is 0.307 e. The van der Waals surface area contributed by atoms with E-state index in [9.17, 15) is 14.7 Å². The quantitative estimate of drug-likeness (QED) is 0.836. The second kappa shape index (κ2) is 4.47. The van der Waals surface area contributed by atoms with Crippen molar-refractivity contribution in [2.24, 2.45) is 46.2 Å². The summed E-state index contributed by atoms with van der Waals surface area (Å²) in [6.07, 6.45) is 4.70. The van der Waals surface area contributed by atoms with E-state index in [1.807, 2.05) is 0 Å². The number of carbonyl (C=O) groups excluding carboxylic acids is 1. The minimum absolute atomic E-state index is 0.143. The van der Waals surface area contributed by atoms with E-state index < -0.39 is 11.4 Å². The molecule has 4 nitrogen and oxygen atoms in total. The van der Waals surface area contributed by atoms with Crippen LogP contribution in [-0.2, 0) is 9.59 Å². The zero-order chi connectivity index (χ0) is 15.6. The van der Waals surface area contributed by atoms with Crippen LogP contribution >= 0.6 is 0 Å². The van der Waals surface area contributed by atoms with Crippen molar-refractivity contribution < 1.29 is 14.7 Å². The molecule has 0 heterocycles. The zero-order valence-corrected chi connectivity index (χ0v) is 13.3. The van der Waals surface area contributed by atoms with E-state index in [-0.39, 0.29) is 23.2 Å². The molecule has 0 aromatic carbocycles. The minimum Gasteiger partial charge on any atom is -0.481 e. The van der Waals surface area contributed by atoms with E-state index in [0.717, 1.165) is 32.1 Å². The van der Waals surface area contributed by atoms with Gasteiger partial charge in [-0.1, -0.05) is 33.6 Å². The molecule has 118 valence electrons. The Bertz CT molecular complexity index is 482. The summed E-state index contributed by atoms with van der Waals surface area (Å²) in [6, 6.07) is 0. The summed E-state index contributed by atoms with van der Waals surface area (Å²) in [5.74, 6) is -0.0833. The lowest BCUT2D eigenvalue weighted by Gasteiger charge is -2.53. The summed E-state index contributed by atoms with van der Waals surface area (Å²) in [7, 11) is 0. The van der Waals surface area contributed by atoms with Gasteiger partial charge in [-0.05, 0) is 42.9 Å². The predicted molar refractivity (Wildman–Crippen MR) is 79.3 cm³/mol. The highest BCUT2D eigenvalue weighted by molar-refractivity contribution is 5.87. The lowest BCUT2D eigenvalue weighted by Crippen LogP contribution is -2.56. The van der Waals surface area contributed by atoms with E-state index in [4.69, 9.17) is 5.73 Å². The first-order valence-electron chi connectivity index (χ1n) is 8.33. The molecule has 0 radical (unpaired) electrons. The standard InChI is InChI=1S/C17H27NO3/c1-9(2)11-6-5-10(3)12-13(14(19)20)17(11,12)16(15(18)21)7-4-8-16/h9-13H,4-8H2,1-3H3,(H2,18,21)(H,19,20)/t10-,11+,12+,13+,17-/m1/s1. The molecule has 3 rings (SSSR count). The number of fused-ring (bicyclic) bond motifs is 1. The lowest BCUT2D eigenvalue weighted by molar-refractivity contribution is -0.152. The predicted octanol–water partition coefficient (Wildman–Crippen LogP) is 2.66. The molecular weight excluding hydrogens is 266 g/mol. The van der Waals surface area contributed by atoms with Crippen molar-refractivity contribution in [1.29, 1.82) is 0 Å². The van der Waals surface area contributed by atoms with Crippen molar-refractivity contribution in [3.05, 3.63) is 0 Å². The average molecular weight is 293 g/mol. The maximum absolute atomic E-state index is 12.3. The topological polar surface area (TPSA) is 80.4 Å². The van der Waals surface area contributed by atoms with Crippen molar-refractivity contribution in [1.82, 2.24) is 0 Å². The first-order chi connectivity index (χ1) is 9.80. The van der Waals surface area contributed by atoms with Crippen LogP contribution in [0.15, 0.2) is 0 Å². The SMILES string of the molecule is CC(C)[C@@H]1CC[C@@H](C)[C@H]2[C@@H](C(=O)O)[C@]21C1(C(N)=O)CCC1. The fourth-order valence-electron chi connectivity index (χ4n) is 6.21. The zero-order valence-electron chi connectivity index (χ0n) is 13.3. The third-order valence-corrected chi connectivity index (χ3v) is 7.05. The van der Waals surface area contributed by atoms with Crippen molar-refractivity contribution in [2.45, 2.75) is 52.9 Å². The molecule has 0 aromatic rings. The van der Waals surface area contributed by atoms with Crippen LogP contribution in [0.25, 0.3) is 0 Å². The summed E-state index contributed by atoms with van der Waals surface area (Å²) >= 11 is 0. The number of nitrogens with two attached hydrogens (primary N) is 1. The molecule has 1 amide bonds. The van der Waals surface area contributed by atoms with Gasteiger partial charge in [0.25, 0.3) is 0 Å². The van der Waals surface area contributed by atoms with Crippen LogP contribution in [0.5, 0.6) is 0 Å². The molecule has 3 fully saturated rings. The van der Waals surface area contributed by atoms with Gasteiger partial charge in [0.1, 0.15) is 0 Å². The van der Waals surface area contributed by atoms with E-state index in [2.05, 4.69) is 20.8 Å². The molecule has 0 saturated heterocycles. The molecule has 3 N–H and O–H groups in total. The molecule has 3 aliphatic carbocycles. The molecule has 3 aliphatic rings. The smallest absolute Gasteiger partial charge is 0.307 e. The van der Waals surface area contributed by atoms with E-state index in [0.29, 0.717) is 17.8 Å². The van der Waals surface area contributed by atoms with Gasteiger partial charge < -0.3 is 10.8 Å². The number of carboxylic acid groups (broad SMARTS) is 1. The van der Waals surface area contributed by atoms with Gasteiger partial charge in [-0.25, -0.2) is 0 Å². The van der Waals surface area contributed by atoms with E-state index >= 15 is 0 Å². The van der Waals surface area contributed by atoms with E-state index in [1.165, 1.54) is 0 Å². The molecule has 4 heteroatoms. The number of aliphatic carboxylic acids is 1. The Morgan fingerprint density at radius 3 is 2.24 bits per heavy atom. The number of carboxylic acids is 1. The van der Waals surface area contributed by atoms with Crippen molar-refractivity contribution in [2.75, 3.05) is 0 Å². The van der Waals surface area contributed by atoms with Gasteiger partial charge >= 0.3 is 5.97 Å². The van der Waals surface area contributed by atoms with Gasteiger partial charge in [0.15, 0.2) is 0 Å². The highest BCUT2D eigenvalue weighted by atomic mass is 16.4. The van der Waals surface area contributed by atoms with Crippen LogP contribution < -0.4 is 5.73 Å². The summed E-state index contributed by atoms with van der Waals surface area (Å²) in [5.41, 5.74) is 4.90. The summed E-state index contributed by atoms with van der Waals surface area (Å²) in [6.45, 7) is 6.50. The van der Waals surface area contributed by atoms with Crippen LogP contribution in [0.1, 0.15) is 52.9 Å². The highest BCUT2D eigenvalue weighted by Crippen LogP contribution is 2.81. The number of hydrogen-bond donors (Lipinski definition) is 2. The first kappa shape index (κ1) is 14.9. The van der Waals surface area contributed by atoms with Crippen molar-refractivity contribution in [3.8, 4) is 0 Å². The molecule has 0 aromatic heterocycles. The Kier molecular flexibility index (Phi) is 3.16. The lowest BCUT2D eigenvalue weighted by atomic mass is 9.49. The van der Waals surface area contributed by atoms with Crippen LogP contribution in [0.2, 0.25) is 0 Å². The number of carbonyl (C=O) groups is 2. The number of amides is 1. The molecule has 0 bridgehead atoms. The second-order valence-electron chi connectivity index (χ2n) is 7.98. The van der Waals surface area contributed by atoms with Gasteiger partial charge in [0.05, 0.1) is 11.3 Å². The van der Waals surface area contributed by atoms with Crippen LogP contribution in [0.4, 0.5) is 0 Å². The van der Waals surface area contributed by atoms with Crippen molar-refractivity contribution >= 4 is 11.9 Å². The van der Waals surface area contributed by atoms with Gasteiger partial charge in [-0.3, -0.25) is 9.59 Å². The number of rotatable bonds is 4. The van der Waals surface area contributed by atoms with Gasteiger partial charge in [0.2, 0.25) is 5.91 Å². The second-order valence-corrected chi connectivity index (χ2v) is 7.98. The molecule has 3 saturated carbocycles. The van der Waals surface area contributed by atoms with Gasteiger partial charge in [0, 0.05) is 5.41 Å².